The monoisotopic (exact) mass is 337 g/mol. The van der Waals surface area contributed by atoms with Crippen molar-refractivity contribution in [2.24, 2.45) is 7.05 Å². The van der Waals surface area contributed by atoms with Gasteiger partial charge in [0.05, 0.1) is 23.0 Å². The molecule has 2 amide bonds. The molecule has 0 saturated heterocycles. The number of nitrogens with zero attached hydrogens (tertiary/aromatic N) is 3. The first-order valence-corrected chi connectivity index (χ1v) is 8.44. The number of aliphatic hydroxyl groups is 1. The minimum Gasteiger partial charge on any atom is -0.386 e. The highest BCUT2D eigenvalue weighted by Gasteiger charge is 2.11. The molecule has 3 N–H and O–H groups in total. The summed E-state index contributed by atoms with van der Waals surface area (Å²) in [5.74, 6) is 0. The van der Waals surface area contributed by atoms with Gasteiger partial charge in [-0.05, 0) is 13.3 Å². The predicted molar refractivity (Wildman–Crippen MR) is 89.5 cm³/mol. The zero-order chi connectivity index (χ0) is 16.8. The second kappa shape index (κ2) is 8.07. The van der Waals surface area contributed by atoms with E-state index in [0.29, 0.717) is 18.5 Å². The second-order valence-corrected chi connectivity index (χ2v) is 6.60. The van der Waals surface area contributed by atoms with Crippen LogP contribution in [0, 0.1) is 6.92 Å². The Morgan fingerprint density at radius 1 is 1.48 bits per heavy atom. The standard InChI is InChI=1S/C15H23N5O2S/c1-4-12-10(2)23-14(19-12)5-6-16-15(22)17-8-13(21)11-7-18-20(3)9-11/h7,9,13,21H,4-6,8H2,1-3H3,(H2,16,17,22). The van der Waals surface area contributed by atoms with Gasteiger partial charge in [-0.1, -0.05) is 6.92 Å². The van der Waals surface area contributed by atoms with E-state index in [1.165, 1.54) is 4.88 Å². The highest BCUT2D eigenvalue weighted by molar-refractivity contribution is 7.11. The van der Waals surface area contributed by atoms with Gasteiger partial charge in [-0.25, -0.2) is 9.78 Å². The Balaban J connectivity index is 1.68. The van der Waals surface area contributed by atoms with Crippen molar-refractivity contribution < 1.29 is 9.90 Å². The van der Waals surface area contributed by atoms with Gasteiger partial charge < -0.3 is 15.7 Å². The van der Waals surface area contributed by atoms with Gasteiger partial charge >= 0.3 is 6.03 Å². The summed E-state index contributed by atoms with van der Waals surface area (Å²) in [5, 5.41) is 20.4. The molecule has 2 aromatic rings. The van der Waals surface area contributed by atoms with Crippen LogP contribution in [0.2, 0.25) is 0 Å². The number of carbonyl (C=O) groups is 1. The zero-order valence-corrected chi connectivity index (χ0v) is 14.5. The number of urea groups is 1. The van der Waals surface area contributed by atoms with Gasteiger partial charge in [-0.15, -0.1) is 11.3 Å². The molecule has 23 heavy (non-hydrogen) atoms. The summed E-state index contributed by atoms with van der Waals surface area (Å²) in [6.07, 6.45) is 4.19. The topological polar surface area (TPSA) is 92.1 Å². The van der Waals surface area contributed by atoms with E-state index < -0.39 is 6.10 Å². The quantitative estimate of drug-likeness (QED) is 0.710. The molecule has 0 radical (unpaired) electrons. The minimum atomic E-state index is -0.761. The number of rotatable bonds is 7. The number of hydrogen-bond donors (Lipinski definition) is 3. The van der Waals surface area contributed by atoms with E-state index >= 15 is 0 Å². The van der Waals surface area contributed by atoms with Crippen LogP contribution < -0.4 is 10.6 Å². The number of thiazole rings is 1. The van der Waals surface area contributed by atoms with Crippen molar-refractivity contribution >= 4 is 17.4 Å². The van der Waals surface area contributed by atoms with E-state index in [1.54, 1.807) is 35.5 Å². The van der Waals surface area contributed by atoms with Gasteiger partial charge in [0.25, 0.3) is 0 Å². The number of carbonyl (C=O) groups excluding carboxylic acids is 1. The molecule has 0 fully saturated rings. The summed E-state index contributed by atoms with van der Waals surface area (Å²) in [4.78, 5) is 17.5. The number of aromatic nitrogens is 3. The van der Waals surface area contributed by atoms with E-state index in [0.717, 1.165) is 17.1 Å². The first kappa shape index (κ1) is 17.4. The maximum absolute atomic E-state index is 11.7. The summed E-state index contributed by atoms with van der Waals surface area (Å²) < 4.78 is 1.61. The molecule has 8 heteroatoms. The molecule has 0 spiro atoms. The lowest BCUT2D eigenvalue weighted by atomic mass is 10.2. The lowest BCUT2D eigenvalue weighted by Crippen LogP contribution is -2.38. The minimum absolute atomic E-state index is 0.147. The Morgan fingerprint density at radius 3 is 2.87 bits per heavy atom. The molecular formula is C15H23N5O2S. The zero-order valence-electron chi connectivity index (χ0n) is 13.7. The fraction of sp³-hybridized carbons (Fsp3) is 0.533. The van der Waals surface area contributed by atoms with Crippen LogP contribution in [0.25, 0.3) is 0 Å². The fourth-order valence-corrected chi connectivity index (χ4v) is 3.21. The lowest BCUT2D eigenvalue weighted by molar-refractivity contribution is 0.173. The third-order valence-corrected chi connectivity index (χ3v) is 4.53. The molecule has 0 bridgehead atoms. The molecule has 0 aliphatic carbocycles. The highest BCUT2D eigenvalue weighted by Crippen LogP contribution is 2.17. The van der Waals surface area contributed by atoms with E-state index in [-0.39, 0.29) is 12.6 Å². The molecule has 0 aromatic carbocycles. The van der Waals surface area contributed by atoms with Gasteiger partial charge in [-0.3, -0.25) is 4.68 Å². The Labute approximate surface area is 139 Å². The maximum atomic E-state index is 11.7. The highest BCUT2D eigenvalue weighted by atomic mass is 32.1. The molecule has 2 aromatic heterocycles. The summed E-state index contributed by atoms with van der Waals surface area (Å²) in [7, 11) is 1.78. The van der Waals surface area contributed by atoms with Gasteiger partial charge in [0, 0.05) is 43.2 Å². The summed E-state index contributed by atoms with van der Waals surface area (Å²) in [6, 6.07) is -0.295. The molecule has 1 unspecified atom stereocenters. The third kappa shape index (κ3) is 5.04. The van der Waals surface area contributed by atoms with Crippen molar-refractivity contribution in [3.63, 3.8) is 0 Å². The van der Waals surface area contributed by atoms with Crippen molar-refractivity contribution in [3.8, 4) is 0 Å². The van der Waals surface area contributed by atoms with Crippen LogP contribution in [-0.4, -0.2) is 39.0 Å². The molecule has 0 saturated carbocycles. The predicted octanol–water partition coefficient (Wildman–Crippen LogP) is 1.32. The molecule has 0 aliphatic heterocycles. The van der Waals surface area contributed by atoms with Gasteiger partial charge in [0.2, 0.25) is 0 Å². The number of hydrogen-bond acceptors (Lipinski definition) is 5. The number of aliphatic hydroxyl groups excluding tert-OH is 1. The van der Waals surface area contributed by atoms with Crippen LogP contribution in [0.3, 0.4) is 0 Å². The molecule has 2 heterocycles. The van der Waals surface area contributed by atoms with Crippen LogP contribution in [0.4, 0.5) is 4.79 Å². The number of aryl methyl sites for hydroxylation is 3. The smallest absolute Gasteiger partial charge is 0.314 e. The molecule has 7 nitrogen and oxygen atoms in total. The Morgan fingerprint density at radius 2 is 2.26 bits per heavy atom. The maximum Gasteiger partial charge on any atom is 0.314 e. The fourth-order valence-electron chi connectivity index (χ4n) is 2.19. The molecular weight excluding hydrogens is 314 g/mol. The van der Waals surface area contributed by atoms with Crippen molar-refractivity contribution in [2.45, 2.75) is 32.8 Å². The summed E-state index contributed by atoms with van der Waals surface area (Å²) in [6.45, 7) is 4.82. The molecule has 0 aliphatic rings. The average Bonchev–Trinajstić information content (AvgIpc) is 3.10. The normalized spacial score (nSPS) is 12.2. The third-order valence-electron chi connectivity index (χ3n) is 3.46. The Bertz CT molecular complexity index is 652. The lowest BCUT2D eigenvalue weighted by Gasteiger charge is -2.10. The van der Waals surface area contributed by atoms with Crippen molar-refractivity contribution in [1.82, 2.24) is 25.4 Å². The van der Waals surface area contributed by atoms with E-state index in [4.69, 9.17) is 0 Å². The van der Waals surface area contributed by atoms with E-state index in [2.05, 4.69) is 34.6 Å². The molecule has 1 atom stereocenters. The van der Waals surface area contributed by atoms with Gasteiger partial charge in [-0.2, -0.15) is 5.10 Å². The number of amides is 2. The van der Waals surface area contributed by atoms with Gasteiger partial charge in [0.15, 0.2) is 0 Å². The van der Waals surface area contributed by atoms with Crippen LogP contribution in [0.5, 0.6) is 0 Å². The van der Waals surface area contributed by atoms with Crippen molar-refractivity contribution in [1.29, 1.82) is 0 Å². The largest absolute Gasteiger partial charge is 0.386 e. The summed E-state index contributed by atoms with van der Waals surface area (Å²) >= 11 is 1.68. The average molecular weight is 337 g/mol. The first-order chi connectivity index (χ1) is 11.0. The van der Waals surface area contributed by atoms with E-state index in [1.807, 2.05) is 0 Å². The second-order valence-electron chi connectivity index (χ2n) is 5.31. The SMILES string of the molecule is CCc1nc(CCNC(=O)NCC(O)c2cnn(C)c2)sc1C. The molecule has 2 rings (SSSR count). The van der Waals surface area contributed by atoms with Crippen LogP contribution in [0.1, 0.15) is 34.2 Å². The van der Waals surface area contributed by atoms with Gasteiger partial charge in [0.1, 0.15) is 0 Å². The van der Waals surface area contributed by atoms with E-state index in [9.17, 15) is 9.90 Å². The van der Waals surface area contributed by atoms with Crippen LogP contribution in [-0.2, 0) is 19.9 Å². The van der Waals surface area contributed by atoms with Crippen LogP contribution in [0.15, 0.2) is 12.4 Å². The van der Waals surface area contributed by atoms with Crippen LogP contribution >= 0.6 is 11.3 Å². The summed E-state index contributed by atoms with van der Waals surface area (Å²) in [5.41, 5.74) is 1.81. The Kier molecular flexibility index (Phi) is 6.12. The first-order valence-electron chi connectivity index (χ1n) is 7.63. The Hall–Kier alpha value is -1.93. The number of nitrogens with one attached hydrogen (secondary N) is 2. The molecule has 126 valence electrons. The van der Waals surface area contributed by atoms with Crippen molar-refractivity contribution in [3.05, 3.63) is 33.5 Å². The van der Waals surface area contributed by atoms with Crippen molar-refractivity contribution in [2.75, 3.05) is 13.1 Å².